The Bertz CT molecular complexity index is 1640. The van der Waals surface area contributed by atoms with Crippen molar-refractivity contribution in [2.24, 2.45) is 7.05 Å². The van der Waals surface area contributed by atoms with E-state index in [-0.39, 0.29) is 5.41 Å². The van der Waals surface area contributed by atoms with E-state index in [2.05, 4.69) is 158 Å². The quantitative estimate of drug-likeness (QED) is 0.220. The standard InChI is InChI=1S/C36H34N2/c1-4-36(5-2)32-20-12-11-19-31(32)34-21-13-14-23-38(34)26-33(36)29-17-9-10-18-30(29)35-25-28(22-24-37(35)3)27-15-7-6-8-16-27/h6-26H,4-5H2,1-3H3/q+2. The molecule has 0 fully saturated rings. The third kappa shape index (κ3) is 3.88. The first kappa shape index (κ1) is 24.1. The van der Waals surface area contributed by atoms with Gasteiger partial charge in [-0.3, -0.25) is 0 Å². The molecule has 38 heavy (non-hydrogen) atoms. The topological polar surface area (TPSA) is 7.76 Å². The number of nitrogens with zero attached hydrogens (tertiary/aromatic N) is 2. The van der Waals surface area contributed by atoms with Crippen LogP contribution in [0.3, 0.4) is 0 Å². The number of benzene rings is 3. The predicted molar refractivity (Wildman–Crippen MR) is 157 cm³/mol. The molecule has 2 heteroatoms. The highest BCUT2D eigenvalue weighted by Gasteiger charge is 2.41. The second-order valence-corrected chi connectivity index (χ2v) is 10.2. The van der Waals surface area contributed by atoms with Gasteiger partial charge in [-0.25, -0.2) is 4.57 Å². The number of fused-ring (bicyclic) bond motifs is 3. The van der Waals surface area contributed by atoms with Crippen molar-refractivity contribution in [3.05, 3.63) is 133 Å². The molecule has 2 nitrogen and oxygen atoms in total. The van der Waals surface area contributed by atoms with Crippen molar-refractivity contribution in [2.45, 2.75) is 32.1 Å². The first-order valence-corrected chi connectivity index (χ1v) is 13.6. The molecule has 3 heterocycles. The van der Waals surface area contributed by atoms with Crippen LogP contribution in [0.4, 0.5) is 0 Å². The van der Waals surface area contributed by atoms with Crippen LogP contribution in [0.25, 0.3) is 45.4 Å². The number of aromatic nitrogens is 2. The summed E-state index contributed by atoms with van der Waals surface area (Å²) in [5.41, 5.74) is 11.4. The van der Waals surface area contributed by atoms with Gasteiger partial charge in [-0.05, 0) is 53.3 Å². The molecular formula is C36H34N2+2. The Balaban J connectivity index is 1.64. The summed E-state index contributed by atoms with van der Waals surface area (Å²) in [4.78, 5) is 0. The van der Waals surface area contributed by atoms with Crippen LogP contribution in [-0.2, 0) is 12.5 Å². The molecule has 3 aromatic carbocycles. The van der Waals surface area contributed by atoms with Gasteiger partial charge < -0.3 is 0 Å². The minimum atomic E-state index is -0.117. The third-order valence-corrected chi connectivity index (χ3v) is 8.35. The zero-order valence-electron chi connectivity index (χ0n) is 22.4. The van der Waals surface area contributed by atoms with Gasteiger partial charge in [-0.15, -0.1) is 0 Å². The van der Waals surface area contributed by atoms with Crippen LogP contribution in [0.5, 0.6) is 0 Å². The summed E-state index contributed by atoms with van der Waals surface area (Å²) in [5, 5.41) is 0. The van der Waals surface area contributed by atoms with Crippen LogP contribution >= 0.6 is 0 Å². The summed E-state index contributed by atoms with van der Waals surface area (Å²) in [6.07, 6.45) is 8.80. The smallest absolute Gasteiger partial charge is 0.201 e. The molecule has 0 atom stereocenters. The number of aryl methyl sites for hydroxylation is 1. The molecule has 0 spiro atoms. The number of hydrogen-bond acceptors (Lipinski definition) is 0. The van der Waals surface area contributed by atoms with Gasteiger partial charge in [0.05, 0.1) is 11.1 Å². The Morgan fingerprint density at radius 1 is 0.579 bits per heavy atom. The lowest BCUT2D eigenvalue weighted by molar-refractivity contribution is -0.660. The van der Waals surface area contributed by atoms with E-state index in [0.29, 0.717) is 0 Å². The second kappa shape index (κ2) is 9.87. The molecule has 0 aliphatic carbocycles. The molecule has 0 bridgehead atoms. The first-order valence-electron chi connectivity index (χ1n) is 13.6. The SMILES string of the molecule is CCC1(CC)C(c2ccccc2-c2cc(-c3ccccc3)cc[n+]2C)=C[n+]2ccccc2-c2ccccc21. The third-order valence-electron chi connectivity index (χ3n) is 8.35. The molecular weight excluding hydrogens is 460 g/mol. The molecule has 1 aliphatic rings. The molecule has 0 saturated carbocycles. The predicted octanol–water partition coefficient (Wildman–Crippen LogP) is 7.87. The lowest BCUT2D eigenvalue weighted by atomic mass is 9.66. The van der Waals surface area contributed by atoms with Gasteiger partial charge in [0, 0.05) is 35.3 Å². The van der Waals surface area contributed by atoms with Crippen LogP contribution in [0.15, 0.2) is 122 Å². The number of rotatable bonds is 5. The van der Waals surface area contributed by atoms with E-state index in [1.165, 1.54) is 50.3 Å². The van der Waals surface area contributed by atoms with Crippen molar-refractivity contribution in [3.8, 4) is 33.6 Å². The van der Waals surface area contributed by atoms with E-state index >= 15 is 0 Å². The zero-order chi connectivity index (χ0) is 26.1. The average molecular weight is 495 g/mol. The average Bonchev–Trinajstić information content (AvgIpc) is 3.11. The Hall–Kier alpha value is -4.30. The van der Waals surface area contributed by atoms with E-state index in [1.807, 2.05) is 0 Å². The molecule has 0 unspecified atom stereocenters. The van der Waals surface area contributed by atoms with Crippen molar-refractivity contribution in [2.75, 3.05) is 0 Å². The van der Waals surface area contributed by atoms with Crippen molar-refractivity contribution in [3.63, 3.8) is 0 Å². The minimum absolute atomic E-state index is 0.117. The maximum atomic E-state index is 2.39. The fourth-order valence-corrected chi connectivity index (χ4v) is 6.26. The maximum absolute atomic E-state index is 2.39. The number of hydrogen-bond donors (Lipinski definition) is 0. The van der Waals surface area contributed by atoms with Gasteiger partial charge in [0.15, 0.2) is 18.6 Å². The Morgan fingerprint density at radius 2 is 1.24 bits per heavy atom. The van der Waals surface area contributed by atoms with Crippen LogP contribution < -0.4 is 9.13 Å². The van der Waals surface area contributed by atoms with E-state index in [9.17, 15) is 0 Å². The molecule has 0 amide bonds. The van der Waals surface area contributed by atoms with Crippen LogP contribution in [0.2, 0.25) is 0 Å². The lowest BCUT2D eigenvalue weighted by Crippen LogP contribution is -2.32. The van der Waals surface area contributed by atoms with E-state index in [1.54, 1.807) is 0 Å². The molecule has 2 aromatic heterocycles. The van der Waals surface area contributed by atoms with Crippen molar-refractivity contribution in [1.29, 1.82) is 0 Å². The molecule has 5 aromatic rings. The van der Waals surface area contributed by atoms with E-state index in [0.717, 1.165) is 12.8 Å². The molecule has 0 N–H and O–H groups in total. The largest absolute Gasteiger partial charge is 0.218 e. The first-order chi connectivity index (χ1) is 18.7. The molecule has 0 radical (unpaired) electrons. The van der Waals surface area contributed by atoms with Gasteiger partial charge in [-0.1, -0.05) is 80.6 Å². The van der Waals surface area contributed by atoms with Gasteiger partial charge in [0.25, 0.3) is 0 Å². The zero-order valence-corrected chi connectivity index (χ0v) is 22.4. The monoisotopic (exact) mass is 494 g/mol. The summed E-state index contributed by atoms with van der Waals surface area (Å²) in [5.74, 6) is 0. The highest BCUT2D eigenvalue weighted by atomic mass is 14.9. The van der Waals surface area contributed by atoms with Gasteiger partial charge in [0.2, 0.25) is 11.4 Å². The van der Waals surface area contributed by atoms with E-state index < -0.39 is 0 Å². The fraction of sp³-hybridized carbons (Fsp3) is 0.167. The van der Waals surface area contributed by atoms with Gasteiger partial charge in [-0.2, -0.15) is 4.57 Å². The lowest BCUT2D eigenvalue weighted by Gasteiger charge is -2.35. The summed E-state index contributed by atoms with van der Waals surface area (Å²) in [6, 6.07) is 39.6. The van der Waals surface area contributed by atoms with Crippen molar-refractivity contribution >= 4 is 11.8 Å². The van der Waals surface area contributed by atoms with E-state index in [4.69, 9.17) is 0 Å². The number of pyridine rings is 2. The summed E-state index contributed by atoms with van der Waals surface area (Å²) >= 11 is 0. The summed E-state index contributed by atoms with van der Waals surface area (Å²) in [7, 11) is 2.15. The Morgan fingerprint density at radius 3 is 2.00 bits per heavy atom. The van der Waals surface area contributed by atoms with Gasteiger partial charge in [0.1, 0.15) is 7.05 Å². The minimum Gasteiger partial charge on any atom is -0.201 e. The highest BCUT2D eigenvalue weighted by Crippen LogP contribution is 2.50. The van der Waals surface area contributed by atoms with Crippen molar-refractivity contribution in [1.82, 2.24) is 0 Å². The van der Waals surface area contributed by atoms with Crippen molar-refractivity contribution < 1.29 is 9.13 Å². The van der Waals surface area contributed by atoms with Crippen LogP contribution in [0, 0.1) is 0 Å². The fourth-order valence-electron chi connectivity index (χ4n) is 6.26. The van der Waals surface area contributed by atoms with Gasteiger partial charge >= 0.3 is 0 Å². The summed E-state index contributed by atoms with van der Waals surface area (Å²) in [6.45, 7) is 4.68. The number of allylic oxidation sites excluding steroid dienone is 1. The second-order valence-electron chi connectivity index (χ2n) is 10.2. The van der Waals surface area contributed by atoms with Crippen LogP contribution in [0.1, 0.15) is 37.8 Å². The maximum Gasteiger partial charge on any atom is 0.218 e. The highest BCUT2D eigenvalue weighted by molar-refractivity contribution is 5.91. The molecule has 0 saturated heterocycles. The Kier molecular flexibility index (Phi) is 6.25. The Labute approximate surface area is 226 Å². The van der Waals surface area contributed by atoms with Crippen LogP contribution in [-0.4, -0.2) is 0 Å². The molecule has 6 rings (SSSR count). The molecule has 1 aliphatic heterocycles. The molecule has 186 valence electrons. The normalized spacial score (nSPS) is 13.7. The summed E-state index contributed by atoms with van der Waals surface area (Å²) < 4.78 is 4.57.